The van der Waals surface area contributed by atoms with Crippen LogP contribution in [0.1, 0.15) is 22.3 Å². The highest BCUT2D eigenvalue weighted by Gasteiger charge is 2.33. The largest absolute Gasteiger partial charge is 0.417 e. The lowest BCUT2D eigenvalue weighted by molar-refractivity contribution is -0.137. The Morgan fingerprint density at radius 1 is 1.22 bits per heavy atom. The Morgan fingerprint density at radius 3 is 2.57 bits per heavy atom. The van der Waals surface area contributed by atoms with Crippen LogP contribution in [-0.4, -0.2) is 10.8 Å². The van der Waals surface area contributed by atoms with Crippen molar-refractivity contribution in [3.63, 3.8) is 0 Å². The molecule has 1 aromatic carbocycles. The highest BCUT2D eigenvalue weighted by molar-refractivity contribution is 6.02. The van der Waals surface area contributed by atoms with Gasteiger partial charge in [0.1, 0.15) is 5.84 Å². The van der Waals surface area contributed by atoms with E-state index in [1.807, 2.05) is 0 Å². The molecule has 0 aliphatic rings. The summed E-state index contributed by atoms with van der Waals surface area (Å²) in [6.45, 7) is 5.37. The van der Waals surface area contributed by atoms with Gasteiger partial charge >= 0.3 is 6.18 Å². The zero-order valence-corrected chi connectivity index (χ0v) is 12.4. The number of hydrogen-bond donors (Lipinski definition) is 2. The second-order valence-corrected chi connectivity index (χ2v) is 4.94. The summed E-state index contributed by atoms with van der Waals surface area (Å²) < 4.78 is 39.1. The molecular formula is C16H15F3N4. The summed E-state index contributed by atoms with van der Waals surface area (Å²) in [7, 11) is 0. The molecule has 4 N–H and O–H groups in total. The van der Waals surface area contributed by atoms with Crippen LogP contribution in [0.4, 0.5) is 18.9 Å². The van der Waals surface area contributed by atoms with Crippen LogP contribution in [-0.2, 0) is 6.18 Å². The van der Waals surface area contributed by atoms with E-state index < -0.39 is 11.7 Å². The van der Waals surface area contributed by atoms with Crippen molar-refractivity contribution in [2.24, 2.45) is 10.7 Å². The molecule has 1 heterocycles. The molecule has 23 heavy (non-hydrogen) atoms. The lowest BCUT2D eigenvalue weighted by Gasteiger charge is -2.12. The third-order valence-corrected chi connectivity index (χ3v) is 3.23. The predicted octanol–water partition coefficient (Wildman–Crippen LogP) is 3.37. The maximum atomic E-state index is 13.0. The van der Waals surface area contributed by atoms with Crippen LogP contribution in [0, 0.1) is 6.92 Å². The molecule has 0 saturated carbocycles. The summed E-state index contributed by atoms with van der Waals surface area (Å²) in [6.07, 6.45) is -2.40. The fourth-order valence-electron chi connectivity index (χ4n) is 2.05. The molecule has 1 aromatic heterocycles. The Bertz CT molecular complexity index is 779. The average molecular weight is 320 g/mol. The van der Waals surface area contributed by atoms with Gasteiger partial charge < -0.3 is 11.5 Å². The summed E-state index contributed by atoms with van der Waals surface area (Å²) in [5.74, 6) is 0.0387. The Morgan fingerprint density at radius 2 is 1.91 bits per heavy atom. The van der Waals surface area contributed by atoms with Gasteiger partial charge in [-0.2, -0.15) is 13.2 Å². The molecule has 0 spiro atoms. The van der Waals surface area contributed by atoms with Gasteiger partial charge in [-0.1, -0.05) is 12.6 Å². The molecule has 0 saturated heterocycles. The molecule has 2 rings (SSSR count). The molecule has 0 bridgehead atoms. The molecule has 0 fully saturated rings. The second kappa shape index (κ2) is 6.12. The molecule has 2 aromatic rings. The van der Waals surface area contributed by atoms with Crippen molar-refractivity contribution in [1.29, 1.82) is 0 Å². The van der Waals surface area contributed by atoms with E-state index in [-0.39, 0.29) is 17.1 Å². The van der Waals surface area contributed by atoms with Gasteiger partial charge in [0.05, 0.1) is 11.3 Å². The summed E-state index contributed by atoms with van der Waals surface area (Å²) in [4.78, 5) is 7.70. The number of aliphatic imine (C=N–C) groups is 1. The average Bonchev–Trinajstić information content (AvgIpc) is 2.48. The number of aryl methyl sites for hydroxylation is 1. The summed E-state index contributed by atoms with van der Waals surface area (Å²) in [5.41, 5.74) is 12.2. The maximum absolute atomic E-state index is 13.0. The summed E-state index contributed by atoms with van der Waals surface area (Å²) in [6, 6.07) is 5.93. The van der Waals surface area contributed by atoms with Crippen LogP contribution in [0.2, 0.25) is 0 Å². The lowest BCUT2D eigenvalue weighted by Crippen LogP contribution is -2.16. The van der Waals surface area contributed by atoms with Gasteiger partial charge in [-0.05, 0) is 30.7 Å². The standard InChI is InChI=1S/C16H15F3N4/c1-9-3-4-11(20)7-12(9)15(21)23-10(2)13-8-22-6-5-14(13)16(17,18)19/h3-8H,2,20H2,1H3,(H2,21,23). The number of amidine groups is 1. The molecule has 0 atom stereocenters. The SMILES string of the molecule is C=C(N=C(N)c1cc(N)ccc1C)c1cnccc1C(F)(F)F. The first kappa shape index (κ1) is 16.5. The number of pyridine rings is 1. The minimum atomic E-state index is -4.53. The predicted molar refractivity (Wildman–Crippen MR) is 84.6 cm³/mol. The number of hydrogen-bond acceptors (Lipinski definition) is 3. The minimum Gasteiger partial charge on any atom is -0.399 e. The van der Waals surface area contributed by atoms with Crippen molar-refractivity contribution in [2.45, 2.75) is 13.1 Å². The number of nitrogen functional groups attached to an aromatic ring is 1. The van der Waals surface area contributed by atoms with Crippen LogP contribution >= 0.6 is 0 Å². The lowest BCUT2D eigenvalue weighted by atomic mass is 10.1. The molecule has 0 unspecified atom stereocenters. The van der Waals surface area contributed by atoms with Crippen LogP contribution in [0.3, 0.4) is 0 Å². The molecular weight excluding hydrogens is 305 g/mol. The Labute approximate surface area is 131 Å². The summed E-state index contributed by atoms with van der Waals surface area (Å²) in [5, 5.41) is 0. The quantitative estimate of drug-likeness (QED) is 0.517. The summed E-state index contributed by atoms with van der Waals surface area (Å²) >= 11 is 0. The van der Waals surface area contributed by atoms with E-state index in [4.69, 9.17) is 11.5 Å². The highest BCUT2D eigenvalue weighted by Crippen LogP contribution is 2.34. The Balaban J connectivity index is 2.44. The van der Waals surface area contributed by atoms with Crippen LogP contribution in [0.15, 0.2) is 48.2 Å². The van der Waals surface area contributed by atoms with Gasteiger partial charge in [0.2, 0.25) is 0 Å². The van der Waals surface area contributed by atoms with E-state index in [9.17, 15) is 13.2 Å². The van der Waals surface area contributed by atoms with Gasteiger partial charge in [-0.15, -0.1) is 0 Å². The van der Waals surface area contributed by atoms with Crippen molar-refractivity contribution in [3.05, 3.63) is 65.5 Å². The molecule has 120 valence electrons. The number of nitrogens with zero attached hydrogens (tertiary/aromatic N) is 2. The third-order valence-electron chi connectivity index (χ3n) is 3.23. The monoisotopic (exact) mass is 320 g/mol. The van der Waals surface area contributed by atoms with Crippen LogP contribution in [0.25, 0.3) is 5.70 Å². The van der Waals surface area contributed by atoms with Crippen molar-refractivity contribution in [2.75, 3.05) is 5.73 Å². The fourth-order valence-corrected chi connectivity index (χ4v) is 2.05. The normalized spacial score (nSPS) is 12.3. The minimum absolute atomic E-state index is 0.0387. The van der Waals surface area contributed by atoms with Crippen molar-refractivity contribution in [3.8, 4) is 0 Å². The molecule has 0 aliphatic carbocycles. The van der Waals surface area contributed by atoms with Gasteiger partial charge in [0.15, 0.2) is 0 Å². The number of alkyl halides is 3. The van der Waals surface area contributed by atoms with E-state index in [1.165, 1.54) is 0 Å². The molecule has 0 aliphatic heterocycles. The number of aromatic nitrogens is 1. The van der Waals surface area contributed by atoms with E-state index in [1.54, 1.807) is 25.1 Å². The maximum Gasteiger partial charge on any atom is 0.417 e. The van der Waals surface area contributed by atoms with Crippen LogP contribution < -0.4 is 11.5 Å². The zero-order chi connectivity index (χ0) is 17.2. The molecule has 0 amide bonds. The number of halogens is 3. The van der Waals surface area contributed by atoms with Gasteiger partial charge in [-0.25, -0.2) is 4.99 Å². The second-order valence-electron chi connectivity index (χ2n) is 4.94. The first-order valence-electron chi connectivity index (χ1n) is 6.61. The first-order chi connectivity index (χ1) is 10.7. The van der Waals surface area contributed by atoms with Gasteiger partial charge in [0, 0.05) is 29.2 Å². The third kappa shape index (κ3) is 3.68. The number of anilines is 1. The smallest absolute Gasteiger partial charge is 0.399 e. The van der Waals surface area contributed by atoms with Gasteiger partial charge in [0.25, 0.3) is 0 Å². The van der Waals surface area contributed by atoms with E-state index in [2.05, 4.69) is 16.6 Å². The van der Waals surface area contributed by atoms with E-state index in [0.717, 1.165) is 24.0 Å². The molecule has 0 radical (unpaired) electrons. The Hall–Kier alpha value is -2.83. The zero-order valence-electron chi connectivity index (χ0n) is 12.4. The molecule has 7 heteroatoms. The topological polar surface area (TPSA) is 77.3 Å². The van der Waals surface area contributed by atoms with Gasteiger partial charge in [-0.3, -0.25) is 4.98 Å². The van der Waals surface area contributed by atoms with Crippen LogP contribution in [0.5, 0.6) is 0 Å². The van der Waals surface area contributed by atoms with E-state index in [0.29, 0.717) is 11.3 Å². The molecule has 4 nitrogen and oxygen atoms in total. The number of nitrogens with two attached hydrogens (primary N) is 2. The first-order valence-corrected chi connectivity index (χ1v) is 6.61. The number of rotatable bonds is 3. The Kier molecular flexibility index (Phi) is 4.40. The van der Waals surface area contributed by atoms with Crippen molar-refractivity contribution in [1.82, 2.24) is 4.98 Å². The van der Waals surface area contributed by atoms with E-state index >= 15 is 0 Å². The number of benzene rings is 1. The highest BCUT2D eigenvalue weighted by atomic mass is 19.4. The van der Waals surface area contributed by atoms with Crippen molar-refractivity contribution >= 4 is 17.2 Å². The van der Waals surface area contributed by atoms with Crippen molar-refractivity contribution < 1.29 is 13.2 Å². The fraction of sp³-hybridized carbons (Fsp3) is 0.125.